The predicted molar refractivity (Wildman–Crippen MR) is 87.4 cm³/mol. The minimum Gasteiger partial charge on any atom is -0.294 e. The first-order chi connectivity index (χ1) is 10.2. The van der Waals surface area contributed by atoms with E-state index in [4.69, 9.17) is 0 Å². The molecule has 0 saturated heterocycles. The number of carbonyl (C=O) groups excluding carboxylic acids is 1. The Labute approximate surface area is 131 Å². The van der Waals surface area contributed by atoms with Gasteiger partial charge in [-0.05, 0) is 24.6 Å². The quantitative estimate of drug-likeness (QED) is 0.641. The van der Waals surface area contributed by atoms with E-state index in [1.54, 1.807) is 0 Å². The summed E-state index contributed by atoms with van der Waals surface area (Å²) >= 11 is 3.37. The number of rotatable bonds is 5. The Kier molecular flexibility index (Phi) is 4.15. The Morgan fingerprint density at radius 3 is 2.67 bits per heavy atom. The highest BCUT2D eigenvalue weighted by Crippen LogP contribution is 2.15. The molecule has 0 spiro atoms. The number of aromatic nitrogens is 2. The Balaban J connectivity index is 1.61. The number of ketones is 1. The van der Waals surface area contributed by atoms with Crippen LogP contribution in [-0.2, 0) is 6.54 Å². The number of para-hydroxylation sites is 1. The van der Waals surface area contributed by atoms with Crippen molar-refractivity contribution in [3.8, 4) is 0 Å². The standard InChI is InChI=1S/C17H15BrN2O/c18-15-9-7-13(8-10-15)17(21)6-3-11-20-16-5-2-1-4-14(16)12-19-20/h1-2,4-5,7-10,12H,3,6,11H2. The molecule has 3 nitrogen and oxygen atoms in total. The molecular weight excluding hydrogens is 328 g/mol. The summed E-state index contributed by atoms with van der Waals surface area (Å²) in [5, 5.41) is 5.51. The minimum atomic E-state index is 0.180. The second kappa shape index (κ2) is 6.22. The van der Waals surface area contributed by atoms with Gasteiger partial charge in [-0.25, -0.2) is 0 Å². The molecule has 0 aliphatic rings. The molecule has 0 aliphatic heterocycles. The van der Waals surface area contributed by atoms with Crippen LogP contribution in [0.3, 0.4) is 0 Å². The number of hydrogen-bond donors (Lipinski definition) is 0. The number of carbonyl (C=O) groups is 1. The molecule has 0 unspecified atom stereocenters. The van der Waals surface area contributed by atoms with Crippen molar-refractivity contribution in [2.75, 3.05) is 0 Å². The number of aryl methyl sites for hydroxylation is 1. The van der Waals surface area contributed by atoms with E-state index in [-0.39, 0.29) is 5.78 Å². The van der Waals surface area contributed by atoms with Gasteiger partial charge in [0.05, 0.1) is 11.7 Å². The Hall–Kier alpha value is -1.94. The number of halogens is 1. The van der Waals surface area contributed by atoms with E-state index in [1.807, 2.05) is 53.3 Å². The van der Waals surface area contributed by atoms with Gasteiger partial charge in [0.15, 0.2) is 5.78 Å². The van der Waals surface area contributed by atoms with Gasteiger partial charge in [0.1, 0.15) is 0 Å². The van der Waals surface area contributed by atoms with Crippen LogP contribution in [0.5, 0.6) is 0 Å². The molecule has 1 aromatic heterocycles. The molecule has 4 heteroatoms. The normalized spacial score (nSPS) is 10.9. The fraction of sp³-hybridized carbons (Fsp3) is 0.176. The van der Waals surface area contributed by atoms with Crippen LogP contribution < -0.4 is 0 Å². The molecule has 0 bridgehead atoms. The monoisotopic (exact) mass is 342 g/mol. The van der Waals surface area contributed by atoms with E-state index in [0.717, 1.165) is 33.9 Å². The zero-order valence-electron chi connectivity index (χ0n) is 11.5. The van der Waals surface area contributed by atoms with Crippen molar-refractivity contribution in [2.45, 2.75) is 19.4 Å². The zero-order valence-corrected chi connectivity index (χ0v) is 13.1. The third-order valence-electron chi connectivity index (χ3n) is 3.49. The SMILES string of the molecule is O=C(CCCn1ncc2ccccc21)c1ccc(Br)cc1. The molecule has 21 heavy (non-hydrogen) atoms. The highest BCUT2D eigenvalue weighted by Gasteiger charge is 2.07. The van der Waals surface area contributed by atoms with Crippen LogP contribution in [0.1, 0.15) is 23.2 Å². The molecule has 0 aliphatic carbocycles. The first-order valence-electron chi connectivity index (χ1n) is 6.93. The van der Waals surface area contributed by atoms with Crippen molar-refractivity contribution in [1.82, 2.24) is 9.78 Å². The highest BCUT2D eigenvalue weighted by molar-refractivity contribution is 9.10. The van der Waals surface area contributed by atoms with Gasteiger partial charge in [0.25, 0.3) is 0 Å². The summed E-state index contributed by atoms with van der Waals surface area (Å²) in [4.78, 5) is 12.1. The van der Waals surface area contributed by atoms with Gasteiger partial charge < -0.3 is 0 Å². The van der Waals surface area contributed by atoms with Crippen LogP contribution in [0.25, 0.3) is 10.9 Å². The van der Waals surface area contributed by atoms with E-state index in [1.165, 1.54) is 0 Å². The van der Waals surface area contributed by atoms with Gasteiger partial charge in [0, 0.05) is 28.4 Å². The third-order valence-corrected chi connectivity index (χ3v) is 4.02. The second-order valence-electron chi connectivity index (χ2n) is 4.96. The highest BCUT2D eigenvalue weighted by atomic mass is 79.9. The lowest BCUT2D eigenvalue weighted by Gasteiger charge is -2.04. The van der Waals surface area contributed by atoms with Gasteiger partial charge in [-0.2, -0.15) is 5.10 Å². The van der Waals surface area contributed by atoms with Gasteiger partial charge in [-0.1, -0.05) is 46.3 Å². The van der Waals surface area contributed by atoms with Crippen LogP contribution in [0.4, 0.5) is 0 Å². The third kappa shape index (κ3) is 3.22. The summed E-state index contributed by atoms with van der Waals surface area (Å²) in [6.45, 7) is 0.760. The van der Waals surface area contributed by atoms with Gasteiger partial charge in [-0.15, -0.1) is 0 Å². The lowest BCUT2D eigenvalue weighted by atomic mass is 10.1. The molecule has 0 amide bonds. The van der Waals surface area contributed by atoms with Gasteiger partial charge in [-0.3, -0.25) is 9.48 Å². The topological polar surface area (TPSA) is 34.9 Å². The van der Waals surface area contributed by atoms with Crippen molar-refractivity contribution in [3.63, 3.8) is 0 Å². The van der Waals surface area contributed by atoms with Crippen molar-refractivity contribution in [3.05, 3.63) is 64.8 Å². The summed E-state index contributed by atoms with van der Waals surface area (Å²) in [5.74, 6) is 0.180. The molecule has 0 fully saturated rings. The van der Waals surface area contributed by atoms with Crippen molar-refractivity contribution >= 4 is 32.6 Å². The second-order valence-corrected chi connectivity index (χ2v) is 5.88. The Morgan fingerprint density at radius 1 is 1.10 bits per heavy atom. The van der Waals surface area contributed by atoms with E-state index < -0.39 is 0 Å². The van der Waals surface area contributed by atoms with Crippen molar-refractivity contribution < 1.29 is 4.79 Å². The van der Waals surface area contributed by atoms with Gasteiger partial charge in [0.2, 0.25) is 0 Å². The molecule has 0 saturated carbocycles. The van der Waals surface area contributed by atoms with Crippen LogP contribution in [0.15, 0.2) is 59.2 Å². The molecular formula is C17H15BrN2O. The number of benzene rings is 2. The number of nitrogens with zero attached hydrogens (tertiary/aromatic N) is 2. The summed E-state index contributed by atoms with van der Waals surface area (Å²) in [7, 11) is 0. The van der Waals surface area contributed by atoms with Gasteiger partial charge >= 0.3 is 0 Å². The van der Waals surface area contributed by atoms with Crippen LogP contribution in [0, 0.1) is 0 Å². The smallest absolute Gasteiger partial charge is 0.162 e. The maximum absolute atomic E-state index is 12.1. The summed E-state index contributed by atoms with van der Waals surface area (Å²) in [6, 6.07) is 15.6. The molecule has 0 radical (unpaired) electrons. The summed E-state index contributed by atoms with van der Waals surface area (Å²) < 4.78 is 2.95. The maximum Gasteiger partial charge on any atom is 0.162 e. The van der Waals surface area contributed by atoms with Crippen molar-refractivity contribution in [2.24, 2.45) is 0 Å². The number of Topliss-reactive ketones (excluding diaryl/α,β-unsaturated/α-hetero) is 1. The Morgan fingerprint density at radius 2 is 1.86 bits per heavy atom. The van der Waals surface area contributed by atoms with E-state index in [2.05, 4.69) is 27.1 Å². The average molecular weight is 343 g/mol. The molecule has 3 aromatic rings. The maximum atomic E-state index is 12.1. The fourth-order valence-corrected chi connectivity index (χ4v) is 2.64. The van der Waals surface area contributed by atoms with Crippen LogP contribution >= 0.6 is 15.9 Å². The largest absolute Gasteiger partial charge is 0.294 e. The minimum absolute atomic E-state index is 0.180. The predicted octanol–water partition coefficient (Wildman–Crippen LogP) is 4.46. The molecule has 0 atom stereocenters. The molecule has 2 aromatic carbocycles. The zero-order chi connectivity index (χ0) is 14.7. The van der Waals surface area contributed by atoms with E-state index >= 15 is 0 Å². The first kappa shape index (κ1) is 14.0. The molecule has 0 N–H and O–H groups in total. The van der Waals surface area contributed by atoms with Crippen molar-refractivity contribution in [1.29, 1.82) is 0 Å². The summed E-state index contributed by atoms with van der Waals surface area (Å²) in [6.07, 6.45) is 3.20. The molecule has 106 valence electrons. The Bertz CT molecular complexity index is 762. The van der Waals surface area contributed by atoms with Crippen LogP contribution in [0.2, 0.25) is 0 Å². The lowest BCUT2D eigenvalue weighted by Crippen LogP contribution is -2.04. The molecule has 3 rings (SSSR count). The number of hydrogen-bond acceptors (Lipinski definition) is 2. The molecule has 1 heterocycles. The van der Waals surface area contributed by atoms with E-state index in [0.29, 0.717) is 6.42 Å². The van der Waals surface area contributed by atoms with Crippen LogP contribution in [-0.4, -0.2) is 15.6 Å². The fourth-order valence-electron chi connectivity index (χ4n) is 2.37. The summed E-state index contributed by atoms with van der Waals surface area (Å²) in [5.41, 5.74) is 1.89. The average Bonchev–Trinajstić information content (AvgIpc) is 2.91. The van der Waals surface area contributed by atoms with E-state index in [9.17, 15) is 4.79 Å². The number of fused-ring (bicyclic) bond motifs is 1. The first-order valence-corrected chi connectivity index (χ1v) is 7.73. The lowest BCUT2D eigenvalue weighted by molar-refractivity contribution is 0.0978.